The molecule has 1 amide bonds. The molecule has 0 fully saturated rings. The minimum Gasteiger partial charge on any atom is -0.493 e. The van der Waals surface area contributed by atoms with Crippen LogP contribution in [0.25, 0.3) is 11.0 Å². The van der Waals surface area contributed by atoms with Gasteiger partial charge in [0.2, 0.25) is 0 Å². The van der Waals surface area contributed by atoms with Crippen LogP contribution in [0, 0.1) is 0 Å². The van der Waals surface area contributed by atoms with Crippen LogP contribution in [0.4, 0.5) is 0 Å². The van der Waals surface area contributed by atoms with E-state index in [9.17, 15) is 4.79 Å². The third-order valence-corrected chi connectivity index (χ3v) is 4.54. The lowest BCUT2D eigenvalue weighted by Crippen LogP contribution is -2.23. The van der Waals surface area contributed by atoms with E-state index < -0.39 is 0 Å². The predicted octanol–water partition coefficient (Wildman–Crippen LogP) is 3.17. The number of para-hydroxylation sites is 1. The van der Waals surface area contributed by atoms with Crippen molar-refractivity contribution in [2.45, 2.75) is 13.2 Å². The summed E-state index contributed by atoms with van der Waals surface area (Å²) in [5.41, 5.74) is 5.86. The lowest BCUT2D eigenvalue weighted by molar-refractivity contribution is -0.121. The van der Waals surface area contributed by atoms with Crippen molar-refractivity contribution in [3.63, 3.8) is 0 Å². The van der Waals surface area contributed by atoms with Crippen LogP contribution in [0.15, 0.2) is 77.9 Å². The van der Waals surface area contributed by atoms with Gasteiger partial charge in [0.1, 0.15) is 18.7 Å². The van der Waals surface area contributed by atoms with Crippen LogP contribution in [0.3, 0.4) is 0 Å². The molecule has 1 heterocycles. The number of hydrogen-bond acceptors (Lipinski definition) is 6. The van der Waals surface area contributed by atoms with Crippen molar-refractivity contribution in [3.8, 4) is 11.5 Å². The Morgan fingerprint density at radius 2 is 1.87 bits per heavy atom. The van der Waals surface area contributed by atoms with Gasteiger partial charge in [0.25, 0.3) is 5.91 Å². The fraction of sp³-hybridized carbons (Fsp3) is 0.130. The standard InChI is InChI=1S/C23H21N5O3/c1-30-22-13-18(11-12-21(22)31-16-17-7-3-2-4-8-17)14-24-26-23(29)15-28-20-10-6-5-9-19(20)25-27-28/h2-14H,15-16H2,1H3,(H,26,29). The predicted molar refractivity (Wildman–Crippen MR) is 117 cm³/mol. The number of hydrazone groups is 1. The number of carbonyl (C=O) groups is 1. The molecule has 3 aromatic carbocycles. The number of nitrogens with one attached hydrogen (secondary N) is 1. The van der Waals surface area contributed by atoms with Crippen molar-refractivity contribution < 1.29 is 14.3 Å². The first-order chi connectivity index (χ1) is 15.2. The molecule has 0 unspecified atom stereocenters. The molecule has 8 nitrogen and oxygen atoms in total. The lowest BCUT2D eigenvalue weighted by atomic mass is 10.2. The smallest absolute Gasteiger partial charge is 0.261 e. The zero-order valence-electron chi connectivity index (χ0n) is 16.9. The number of benzene rings is 3. The van der Waals surface area contributed by atoms with Crippen LogP contribution in [0.2, 0.25) is 0 Å². The van der Waals surface area contributed by atoms with E-state index in [0.717, 1.165) is 22.2 Å². The molecular formula is C23H21N5O3. The molecule has 31 heavy (non-hydrogen) atoms. The molecule has 1 aromatic heterocycles. The third-order valence-electron chi connectivity index (χ3n) is 4.54. The first-order valence-electron chi connectivity index (χ1n) is 9.68. The summed E-state index contributed by atoms with van der Waals surface area (Å²) in [7, 11) is 1.58. The summed E-state index contributed by atoms with van der Waals surface area (Å²) in [6, 6.07) is 22.8. The molecule has 0 atom stereocenters. The zero-order chi connectivity index (χ0) is 21.5. The fourth-order valence-corrected chi connectivity index (χ4v) is 3.00. The van der Waals surface area contributed by atoms with E-state index in [1.165, 1.54) is 4.68 Å². The Morgan fingerprint density at radius 3 is 2.71 bits per heavy atom. The van der Waals surface area contributed by atoms with Crippen molar-refractivity contribution in [3.05, 3.63) is 83.9 Å². The molecule has 0 aliphatic rings. The molecule has 4 rings (SSSR count). The maximum Gasteiger partial charge on any atom is 0.261 e. The van der Waals surface area contributed by atoms with Crippen LogP contribution >= 0.6 is 0 Å². The van der Waals surface area contributed by atoms with E-state index in [2.05, 4.69) is 20.8 Å². The van der Waals surface area contributed by atoms with Crippen LogP contribution in [0.5, 0.6) is 11.5 Å². The summed E-state index contributed by atoms with van der Waals surface area (Å²) >= 11 is 0. The molecule has 1 N–H and O–H groups in total. The van der Waals surface area contributed by atoms with Crippen molar-refractivity contribution in [1.82, 2.24) is 20.4 Å². The van der Waals surface area contributed by atoms with E-state index in [4.69, 9.17) is 9.47 Å². The van der Waals surface area contributed by atoms with E-state index in [1.54, 1.807) is 19.4 Å². The van der Waals surface area contributed by atoms with Gasteiger partial charge in [-0.3, -0.25) is 4.79 Å². The SMILES string of the molecule is COc1cc(C=NNC(=O)Cn2nnc3ccccc32)ccc1OCc1ccccc1. The summed E-state index contributed by atoms with van der Waals surface area (Å²) in [6.45, 7) is 0.463. The van der Waals surface area contributed by atoms with Gasteiger partial charge in [-0.1, -0.05) is 47.7 Å². The Morgan fingerprint density at radius 1 is 1.06 bits per heavy atom. The van der Waals surface area contributed by atoms with Gasteiger partial charge in [-0.25, -0.2) is 10.1 Å². The second-order valence-electron chi connectivity index (χ2n) is 6.71. The number of carbonyl (C=O) groups excluding carboxylic acids is 1. The largest absolute Gasteiger partial charge is 0.493 e. The molecule has 4 aromatic rings. The fourth-order valence-electron chi connectivity index (χ4n) is 3.00. The molecule has 0 spiro atoms. The Bertz CT molecular complexity index is 1200. The number of methoxy groups -OCH3 is 1. The number of hydrogen-bond donors (Lipinski definition) is 1. The highest BCUT2D eigenvalue weighted by atomic mass is 16.5. The van der Waals surface area contributed by atoms with Crippen molar-refractivity contribution >= 4 is 23.2 Å². The molecule has 0 bridgehead atoms. The van der Waals surface area contributed by atoms with Crippen LogP contribution in [-0.4, -0.2) is 34.2 Å². The highest BCUT2D eigenvalue weighted by Gasteiger charge is 2.08. The van der Waals surface area contributed by atoms with Gasteiger partial charge in [0, 0.05) is 0 Å². The van der Waals surface area contributed by atoms with E-state index in [0.29, 0.717) is 18.1 Å². The third kappa shape index (κ3) is 5.05. The van der Waals surface area contributed by atoms with Gasteiger partial charge in [0.15, 0.2) is 11.5 Å². The van der Waals surface area contributed by atoms with Crippen LogP contribution in [-0.2, 0) is 17.9 Å². The lowest BCUT2D eigenvalue weighted by Gasteiger charge is -2.11. The number of rotatable bonds is 8. The molecular weight excluding hydrogens is 394 g/mol. The molecule has 0 radical (unpaired) electrons. The molecule has 0 saturated heterocycles. The van der Waals surface area contributed by atoms with Crippen LogP contribution in [0.1, 0.15) is 11.1 Å². The van der Waals surface area contributed by atoms with Crippen molar-refractivity contribution in [1.29, 1.82) is 0 Å². The maximum atomic E-state index is 12.2. The molecule has 8 heteroatoms. The highest BCUT2D eigenvalue weighted by Crippen LogP contribution is 2.28. The monoisotopic (exact) mass is 415 g/mol. The number of ether oxygens (including phenoxy) is 2. The summed E-state index contributed by atoms with van der Waals surface area (Å²) in [6.07, 6.45) is 1.54. The summed E-state index contributed by atoms with van der Waals surface area (Å²) < 4.78 is 12.8. The zero-order valence-corrected chi connectivity index (χ0v) is 16.9. The van der Waals surface area contributed by atoms with Gasteiger partial charge >= 0.3 is 0 Å². The molecule has 0 saturated carbocycles. The number of nitrogens with zero attached hydrogens (tertiary/aromatic N) is 4. The highest BCUT2D eigenvalue weighted by molar-refractivity contribution is 5.84. The Labute approximate surface area is 179 Å². The quantitative estimate of drug-likeness (QED) is 0.353. The number of aromatic nitrogens is 3. The summed E-state index contributed by atoms with van der Waals surface area (Å²) in [4.78, 5) is 12.2. The topological polar surface area (TPSA) is 90.6 Å². The minimum absolute atomic E-state index is 0.0213. The van der Waals surface area contributed by atoms with Crippen molar-refractivity contribution in [2.24, 2.45) is 5.10 Å². The minimum atomic E-state index is -0.304. The second-order valence-corrected chi connectivity index (χ2v) is 6.71. The summed E-state index contributed by atoms with van der Waals surface area (Å²) in [5.74, 6) is 0.910. The normalized spacial score (nSPS) is 11.0. The molecule has 0 aliphatic carbocycles. The Balaban J connectivity index is 1.35. The molecule has 156 valence electrons. The van der Waals surface area contributed by atoms with Crippen molar-refractivity contribution in [2.75, 3.05) is 7.11 Å². The number of amides is 1. The van der Waals surface area contributed by atoms with Crippen LogP contribution < -0.4 is 14.9 Å². The van der Waals surface area contributed by atoms with Gasteiger partial charge < -0.3 is 9.47 Å². The summed E-state index contributed by atoms with van der Waals surface area (Å²) in [5, 5.41) is 12.0. The van der Waals surface area contributed by atoms with E-state index in [-0.39, 0.29) is 12.5 Å². The first kappa shape index (κ1) is 20.1. The van der Waals surface area contributed by atoms with Gasteiger partial charge in [-0.2, -0.15) is 5.10 Å². The maximum absolute atomic E-state index is 12.2. The average molecular weight is 415 g/mol. The second kappa shape index (κ2) is 9.53. The van der Waals surface area contributed by atoms with Gasteiger partial charge in [-0.15, -0.1) is 5.10 Å². The van der Waals surface area contributed by atoms with E-state index >= 15 is 0 Å². The molecule has 0 aliphatic heterocycles. The van der Waals surface area contributed by atoms with Gasteiger partial charge in [0.05, 0.1) is 18.8 Å². The van der Waals surface area contributed by atoms with E-state index in [1.807, 2.05) is 66.7 Å². The Kier molecular flexibility index (Phi) is 6.18. The Hall–Kier alpha value is -4.20. The van der Waals surface area contributed by atoms with Gasteiger partial charge in [-0.05, 0) is 41.5 Å². The number of fused-ring (bicyclic) bond motifs is 1. The first-order valence-corrected chi connectivity index (χ1v) is 9.68. The average Bonchev–Trinajstić information content (AvgIpc) is 3.21.